The SMILES string of the molecule is Clc1ccc(CNc2ncc3c(n2)-c2ccccc2C2(CCNCC2)C3)c(Cl)c1. The molecule has 2 N–H and O–H groups in total. The Morgan fingerprint density at radius 1 is 1.07 bits per heavy atom. The number of aromatic nitrogens is 2. The van der Waals surface area contributed by atoms with E-state index in [4.69, 9.17) is 28.2 Å². The maximum atomic E-state index is 6.29. The van der Waals surface area contributed by atoms with Crippen LogP contribution in [0.1, 0.15) is 29.5 Å². The third-order valence-electron chi connectivity index (χ3n) is 6.16. The first kappa shape index (κ1) is 18.9. The molecule has 0 amide bonds. The zero-order valence-corrected chi connectivity index (χ0v) is 17.5. The van der Waals surface area contributed by atoms with Gasteiger partial charge in [-0.05, 0) is 61.2 Å². The Labute approximate surface area is 180 Å². The van der Waals surface area contributed by atoms with Crippen molar-refractivity contribution >= 4 is 29.2 Å². The van der Waals surface area contributed by atoms with E-state index in [2.05, 4.69) is 39.9 Å². The average molecular weight is 425 g/mol. The molecule has 5 rings (SSSR count). The van der Waals surface area contributed by atoms with E-state index in [-0.39, 0.29) is 5.41 Å². The van der Waals surface area contributed by atoms with Crippen LogP contribution in [0.3, 0.4) is 0 Å². The van der Waals surface area contributed by atoms with Crippen LogP contribution in [0.15, 0.2) is 48.7 Å². The maximum Gasteiger partial charge on any atom is 0.223 e. The highest BCUT2D eigenvalue weighted by Crippen LogP contribution is 2.46. The molecule has 2 aliphatic rings. The Balaban J connectivity index is 1.46. The second-order valence-electron chi connectivity index (χ2n) is 7.91. The first-order valence-electron chi connectivity index (χ1n) is 9.99. The third kappa shape index (κ3) is 3.50. The molecule has 0 bridgehead atoms. The second kappa shape index (κ2) is 7.60. The van der Waals surface area contributed by atoms with Crippen LogP contribution in [-0.4, -0.2) is 23.1 Å². The molecule has 1 aromatic heterocycles. The zero-order chi connectivity index (χ0) is 19.8. The van der Waals surface area contributed by atoms with Crippen molar-refractivity contribution in [3.8, 4) is 11.3 Å². The highest BCUT2D eigenvalue weighted by Gasteiger charge is 2.40. The normalized spacial score (nSPS) is 16.9. The highest BCUT2D eigenvalue weighted by molar-refractivity contribution is 6.35. The summed E-state index contributed by atoms with van der Waals surface area (Å²) in [5.74, 6) is 0.617. The molecule has 1 aliphatic carbocycles. The summed E-state index contributed by atoms with van der Waals surface area (Å²) < 4.78 is 0. The van der Waals surface area contributed by atoms with Crippen LogP contribution >= 0.6 is 23.2 Å². The first-order valence-corrected chi connectivity index (χ1v) is 10.7. The van der Waals surface area contributed by atoms with Crippen molar-refractivity contribution in [3.63, 3.8) is 0 Å². The molecule has 1 fully saturated rings. The summed E-state index contributed by atoms with van der Waals surface area (Å²) in [5, 5.41) is 8.09. The Kier molecular flexibility index (Phi) is 4.94. The van der Waals surface area contributed by atoms with Gasteiger partial charge in [0, 0.05) is 33.8 Å². The zero-order valence-electron chi connectivity index (χ0n) is 16.0. The van der Waals surface area contributed by atoms with Crippen molar-refractivity contribution in [3.05, 3.63) is 75.4 Å². The maximum absolute atomic E-state index is 6.29. The van der Waals surface area contributed by atoms with Crippen LogP contribution in [0.25, 0.3) is 11.3 Å². The minimum absolute atomic E-state index is 0.198. The van der Waals surface area contributed by atoms with Gasteiger partial charge in [-0.3, -0.25) is 0 Å². The van der Waals surface area contributed by atoms with Crippen molar-refractivity contribution < 1.29 is 0 Å². The number of fused-ring (bicyclic) bond motifs is 4. The first-order chi connectivity index (χ1) is 14.1. The van der Waals surface area contributed by atoms with Gasteiger partial charge in [-0.2, -0.15) is 0 Å². The quantitative estimate of drug-likeness (QED) is 0.603. The van der Waals surface area contributed by atoms with E-state index < -0.39 is 0 Å². The van der Waals surface area contributed by atoms with Crippen molar-refractivity contribution in [2.75, 3.05) is 18.4 Å². The molecule has 148 valence electrons. The van der Waals surface area contributed by atoms with Gasteiger partial charge in [-0.1, -0.05) is 53.5 Å². The number of piperidine rings is 1. The van der Waals surface area contributed by atoms with Crippen LogP contribution in [-0.2, 0) is 18.4 Å². The summed E-state index contributed by atoms with van der Waals surface area (Å²) in [6.07, 6.45) is 5.30. The highest BCUT2D eigenvalue weighted by atomic mass is 35.5. The monoisotopic (exact) mass is 424 g/mol. The molecule has 2 aromatic carbocycles. The van der Waals surface area contributed by atoms with Crippen LogP contribution in [0, 0.1) is 0 Å². The van der Waals surface area contributed by atoms with Gasteiger partial charge in [-0.25, -0.2) is 9.97 Å². The number of hydrogen-bond donors (Lipinski definition) is 2. The van der Waals surface area contributed by atoms with Crippen molar-refractivity contribution in [2.24, 2.45) is 0 Å². The molecule has 1 saturated heterocycles. The van der Waals surface area contributed by atoms with Crippen molar-refractivity contribution in [2.45, 2.75) is 31.2 Å². The van der Waals surface area contributed by atoms with E-state index in [1.165, 1.54) is 16.7 Å². The van der Waals surface area contributed by atoms with Gasteiger partial charge in [0.1, 0.15) is 0 Å². The Morgan fingerprint density at radius 3 is 2.72 bits per heavy atom. The van der Waals surface area contributed by atoms with E-state index >= 15 is 0 Å². The fraction of sp³-hybridized carbons (Fsp3) is 0.304. The predicted octanol–water partition coefficient (Wildman–Crippen LogP) is 5.24. The lowest BCUT2D eigenvalue weighted by molar-refractivity contribution is 0.302. The van der Waals surface area contributed by atoms with Gasteiger partial charge < -0.3 is 10.6 Å². The van der Waals surface area contributed by atoms with E-state index in [0.717, 1.165) is 43.6 Å². The molecule has 0 radical (unpaired) electrons. The Hall–Kier alpha value is -2.14. The lowest BCUT2D eigenvalue weighted by Crippen LogP contribution is -2.43. The molecule has 0 unspecified atom stereocenters. The summed E-state index contributed by atoms with van der Waals surface area (Å²) in [5.41, 5.74) is 6.12. The summed E-state index contributed by atoms with van der Waals surface area (Å²) in [6, 6.07) is 14.2. The Morgan fingerprint density at radius 2 is 1.90 bits per heavy atom. The van der Waals surface area contributed by atoms with Crippen LogP contribution in [0.5, 0.6) is 0 Å². The van der Waals surface area contributed by atoms with Crippen LogP contribution in [0.4, 0.5) is 5.95 Å². The van der Waals surface area contributed by atoms with E-state index in [1.54, 1.807) is 6.07 Å². The third-order valence-corrected chi connectivity index (χ3v) is 6.75. The molecule has 1 aliphatic heterocycles. The standard InChI is InChI=1S/C23H22Cl2N4/c24-17-6-5-15(20(25)11-17)13-27-22-28-14-16-12-23(7-9-26-10-8-23)19-4-2-1-3-18(19)21(16)29-22/h1-6,11,14,26H,7-10,12-13H2,(H,27,28,29). The number of hydrogen-bond acceptors (Lipinski definition) is 4. The molecule has 6 heteroatoms. The fourth-order valence-corrected chi connectivity index (χ4v) is 5.13. The summed E-state index contributed by atoms with van der Waals surface area (Å²) >= 11 is 12.3. The summed E-state index contributed by atoms with van der Waals surface area (Å²) in [7, 11) is 0. The van der Waals surface area contributed by atoms with Crippen LogP contribution in [0.2, 0.25) is 10.0 Å². The lowest BCUT2D eigenvalue weighted by atomic mass is 9.64. The van der Waals surface area contributed by atoms with Gasteiger partial charge in [-0.15, -0.1) is 0 Å². The van der Waals surface area contributed by atoms with Gasteiger partial charge in [0.2, 0.25) is 5.95 Å². The largest absolute Gasteiger partial charge is 0.350 e. The summed E-state index contributed by atoms with van der Waals surface area (Å²) in [6.45, 7) is 2.67. The van der Waals surface area contributed by atoms with Crippen LogP contribution < -0.4 is 10.6 Å². The number of rotatable bonds is 3. The number of anilines is 1. The number of nitrogens with zero attached hydrogens (tertiary/aromatic N) is 2. The second-order valence-corrected chi connectivity index (χ2v) is 8.75. The molecular weight excluding hydrogens is 403 g/mol. The van der Waals surface area contributed by atoms with Gasteiger partial charge >= 0.3 is 0 Å². The molecule has 1 spiro atoms. The van der Waals surface area contributed by atoms with Gasteiger partial charge in [0.15, 0.2) is 0 Å². The van der Waals surface area contributed by atoms with E-state index in [9.17, 15) is 0 Å². The van der Waals surface area contributed by atoms with E-state index in [0.29, 0.717) is 22.5 Å². The number of nitrogens with one attached hydrogen (secondary N) is 2. The molecule has 0 atom stereocenters. The van der Waals surface area contributed by atoms with Crippen molar-refractivity contribution in [1.29, 1.82) is 0 Å². The topological polar surface area (TPSA) is 49.8 Å². The smallest absolute Gasteiger partial charge is 0.223 e. The van der Waals surface area contributed by atoms with E-state index in [1.807, 2.05) is 18.3 Å². The molecule has 4 nitrogen and oxygen atoms in total. The van der Waals surface area contributed by atoms with Gasteiger partial charge in [0.05, 0.1) is 5.69 Å². The molecule has 29 heavy (non-hydrogen) atoms. The predicted molar refractivity (Wildman–Crippen MR) is 119 cm³/mol. The molecule has 3 aromatic rings. The Bertz CT molecular complexity index is 1060. The molecule has 0 saturated carbocycles. The minimum Gasteiger partial charge on any atom is -0.350 e. The lowest BCUT2D eigenvalue weighted by Gasteiger charge is -2.42. The number of benzene rings is 2. The van der Waals surface area contributed by atoms with Gasteiger partial charge in [0.25, 0.3) is 0 Å². The molecular formula is C23H22Cl2N4. The summed E-state index contributed by atoms with van der Waals surface area (Å²) in [4.78, 5) is 9.49. The fourth-order valence-electron chi connectivity index (χ4n) is 4.66. The number of halogens is 2. The van der Waals surface area contributed by atoms with Crippen molar-refractivity contribution in [1.82, 2.24) is 15.3 Å². The molecule has 2 heterocycles. The average Bonchev–Trinajstić information content (AvgIpc) is 2.74. The minimum atomic E-state index is 0.198.